The van der Waals surface area contributed by atoms with E-state index in [1.54, 1.807) is 7.11 Å². The molecule has 2 aromatic rings. The van der Waals surface area contributed by atoms with Gasteiger partial charge in [0.2, 0.25) is 0 Å². The largest absolute Gasteiger partial charge is 0.493 e. The number of rotatable bonds is 4. The Bertz CT molecular complexity index is 511. The molecule has 16 heavy (non-hydrogen) atoms. The summed E-state index contributed by atoms with van der Waals surface area (Å²) in [7, 11) is 1.61. The maximum Gasteiger partial charge on any atom is 0.176 e. The number of methoxy groups -OCH3 is 1. The SMILES string of the molecule is CCC(=O)Cc1cc2cccc(OC)c2o1. The summed E-state index contributed by atoms with van der Waals surface area (Å²) >= 11 is 0. The highest BCUT2D eigenvalue weighted by molar-refractivity contribution is 5.86. The van der Waals surface area contributed by atoms with Crippen LogP contribution in [0.25, 0.3) is 11.0 Å². The number of hydrogen-bond donors (Lipinski definition) is 0. The minimum atomic E-state index is 0.179. The van der Waals surface area contributed by atoms with Crippen LogP contribution in [-0.2, 0) is 11.2 Å². The highest BCUT2D eigenvalue weighted by Gasteiger charge is 2.10. The van der Waals surface area contributed by atoms with Crippen molar-refractivity contribution in [1.82, 2.24) is 0 Å². The van der Waals surface area contributed by atoms with Gasteiger partial charge in [-0.05, 0) is 12.1 Å². The molecule has 0 unspecified atom stereocenters. The second-order valence-electron chi connectivity index (χ2n) is 3.66. The van der Waals surface area contributed by atoms with Crippen molar-refractivity contribution in [2.75, 3.05) is 7.11 Å². The van der Waals surface area contributed by atoms with Gasteiger partial charge < -0.3 is 9.15 Å². The van der Waals surface area contributed by atoms with Gasteiger partial charge >= 0.3 is 0 Å². The number of carbonyl (C=O) groups excluding carboxylic acids is 1. The van der Waals surface area contributed by atoms with E-state index < -0.39 is 0 Å². The smallest absolute Gasteiger partial charge is 0.176 e. The van der Waals surface area contributed by atoms with Crippen LogP contribution in [0.4, 0.5) is 0 Å². The first-order valence-corrected chi connectivity index (χ1v) is 5.31. The summed E-state index contributed by atoms with van der Waals surface area (Å²) in [5.74, 6) is 1.58. The molecule has 0 saturated carbocycles. The van der Waals surface area contributed by atoms with E-state index in [9.17, 15) is 4.79 Å². The summed E-state index contributed by atoms with van der Waals surface area (Å²) in [5.41, 5.74) is 0.712. The molecule has 1 heterocycles. The lowest BCUT2D eigenvalue weighted by Gasteiger charge is -1.98. The zero-order valence-corrected chi connectivity index (χ0v) is 9.45. The summed E-state index contributed by atoms with van der Waals surface area (Å²) in [6, 6.07) is 7.59. The fourth-order valence-electron chi connectivity index (χ4n) is 1.66. The van der Waals surface area contributed by atoms with E-state index >= 15 is 0 Å². The molecule has 0 bridgehead atoms. The van der Waals surface area contributed by atoms with Crippen molar-refractivity contribution in [3.05, 3.63) is 30.0 Å². The van der Waals surface area contributed by atoms with Crippen LogP contribution in [0.5, 0.6) is 5.75 Å². The highest BCUT2D eigenvalue weighted by Crippen LogP contribution is 2.28. The standard InChI is InChI=1S/C13H14O3/c1-3-10(14)8-11-7-9-5-4-6-12(15-2)13(9)16-11/h4-7H,3,8H2,1-2H3. The molecule has 3 heteroatoms. The lowest BCUT2D eigenvalue weighted by molar-refractivity contribution is -0.118. The maximum absolute atomic E-state index is 11.3. The van der Waals surface area contributed by atoms with E-state index in [2.05, 4.69) is 0 Å². The average Bonchev–Trinajstić information content (AvgIpc) is 2.70. The number of carbonyl (C=O) groups is 1. The third-order valence-electron chi connectivity index (χ3n) is 2.54. The molecule has 84 valence electrons. The van der Waals surface area contributed by atoms with Gasteiger partial charge in [0, 0.05) is 11.8 Å². The van der Waals surface area contributed by atoms with Crippen LogP contribution in [-0.4, -0.2) is 12.9 Å². The Labute approximate surface area is 94.0 Å². The topological polar surface area (TPSA) is 39.4 Å². The molecule has 3 nitrogen and oxygen atoms in total. The molecule has 0 aliphatic heterocycles. The number of para-hydroxylation sites is 1. The Morgan fingerprint density at radius 2 is 2.25 bits per heavy atom. The van der Waals surface area contributed by atoms with Gasteiger partial charge in [-0.1, -0.05) is 19.1 Å². The van der Waals surface area contributed by atoms with Crippen LogP contribution in [0.15, 0.2) is 28.7 Å². The molecule has 0 aliphatic rings. The number of ketones is 1. The molecule has 0 aliphatic carbocycles. The van der Waals surface area contributed by atoms with Gasteiger partial charge in [-0.3, -0.25) is 4.79 Å². The van der Waals surface area contributed by atoms with Crippen molar-refractivity contribution in [3.63, 3.8) is 0 Å². The second-order valence-corrected chi connectivity index (χ2v) is 3.66. The molecule has 2 rings (SSSR count). The van der Waals surface area contributed by atoms with Gasteiger partial charge in [0.05, 0.1) is 13.5 Å². The molecule has 0 saturated heterocycles. The van der Waals surface area contributed by atoms with E-state index in [1.165, 1.54) is 0 Å². The monoisotopic (exact) mass is 218 g/mol. The lowest BCUT2D eigenvalue weighted by Crippen LogP contribution is -1.98. The van der Waals surface area contributed by atoms with Crippen LogP contribution in [0.3, 0.4) is 0 Å². The molecule has 0 atom stereocenters. The Balaban J connectivity index is 2.39. The zero-order valence-electron chi connectivity index (χ0n) is 9.45. The Morgan fingerprint density at radius 3 is 2.94 bits per heavy atom. The number of fused-ring (bicyclic) bond motifs is 1. The van der Waals surface area contributed by atoms with Crippen LogP contribution in [0.2, 0.25) is 0 Å². The zero-order chi connectivity index (χ0) is 11.5. The molecular weight excluding hydrogens is 204 g/mol. The molecule has 1 aromatic heterocycles. The average molecular weight is 218 g/mol. The fraction of sp³-hybridized carbons (Fsp3) is 0.308. The number of ether oxygens (including phenoxy) is 1. The van der Waals surface area contributed by atoms with E-state index in [0.717, 1.165) is 5.39 Å². The van der Waals surface area contributed by atoms with Crippen molar-refractivity contribution in [1.29, 1.82) is 0 Å². The number of hydrogen-bond acceptors (Lipinski definition) is 3. The van der Waals surface area contributed by atoms with Crippen LogP contribution < -0.4 is 4.74 Å². The minimum Gasteiger partial charge on any atom is -0.493 e. The van der Waals surface area contributed by atoms with Gasteiger partial charge in [0.1, 0.15) is 11.5 Å². The number of furan rings is 1. The first kappa shape index (κ1) is 10.7. The predicted octanol–water partition coefficient (Wildman–Crippen LogP) is 2.96. The molecule has 1 aromatic carbocycles. The predicted molar refractivity (Wildman–Crippen MR) is 61.8 cm³/mol. The van der Waals surface area contributed by atoms with Crippen molar-refractivity contribution >= 4 is 16.8 Å². The Kier molecular flexibility index (Phi) is 2.95. The molecular formula is C13H14O3. The van der Waals surface area contributed by atoms with Crippen LogP contribution in [0.1, 0.15) is 19.1 Å². The van der Waals surface area contributed by atoms with E-state index in [4.69, 9.17) is 9.15 Å². The summed E-state index contributed by atoms with van der Waals surface area (Å²) in [6.45, 7) is 1.85. The minimum absolute atomic E-state index is 0.179. The molecule has 0 amide bonds. The van der Waals surface area contributed by atoms with Crippen molar-refractivity contribution < 1.29 is 13.9 Å². The van der Waals surface area contributed by atoms with Gasteiger partial charge in [-0.25, -0.2) is 0 Å². The van der Waals surface area contributed by atoms with Crippen molar-refractivity contribution in [2.24, 2.45) is 0 Å². The third kappa shape index (κ3) is 1.94. The molecule has 0 N–H and O–H groups in total. The first-order chi connectivity index (χ1) is 7.74. The van der Waals surface area contributed by atoms with E-state index in [0.29, 0.717) is 29.9 Å². The van der Waals surface area contributed by atoms with Gasteiger partial charge in [0.25, 0.3) is 0 Å². The molecule has 0 radical (unpaired) electrons. The van der Waals surface area contributed by atoms with E-state index in [1.807, 2.05) is 31.2 Å². The van der Waals surface area contributed by atoms with Gasteiger partial charge in [-0.15, -0.1) is 0 Å². The third-order valence-corrected chi connectivity index (χ3v) is 2.54. The van der Waals surface area contributed by atoms with Crippen molar-refractivity contribution in [2.45, 2.75) is 19.8 Å². The maximum atomic E-state index is 11.3. The summed E-state index contributed by atoms with van der Waals surface area (Å²) < 4.78 is 10.8. The summed E-state index contributed by atoms with van der Waals surface area (Å²) in [6.07, 6.45) is 0.891. The van der Waals surface area contributed by atoms with Gasteiger partial charge in [0.15, 0.2) is 11.3 Å². The molecule has 0 spiro atoms. The lowest BCUT2D eigenvalue weighted by atomic mass is 10.2. The number of Topliss-reactive ketones (excluding diaryl/α,β-unsaturated/α-hetero) is 1. The summed E-state index contributed by atoms with van der Waals surface area (Å²) in [4.78, 5) is 11.3. The first-order valence-electron chi connectivity index (χ1n) is 5.31. The van der Waals surface area contributed by atoms with Crippen LogP contribution in [0, 0.1) is 0 Å². The normalized spacial score (nSPS) is 10.6. The Morgan fingerprint density at radius 1 is 1.44 bits per heavy atom. The van der Waals surface area contributed by atoms with Crippen LogP contribution >= 0.6 is 0 Å². The van der Waals surface area contributed by atoms with E-state index in [-0.39, 0.29) is 5.78 Å². The highest BCUT2D eigenvalue weighted by atomic mass is 16.5. The number of benzene rings is 1. The second kappa shape index (κ2) is 4.39. The van der Waals surface area contributed by atoms with Crippen molar-refractivity contribution in [3.8, 4) is 5.75 Å². The fourth-order valence-corrected chi connectivity index (χ4v) is 1.66. The summed E-state index contributed by atoms with van der Waals surface area (Å²) in [5, 5.41) is 0.971. The quantitative estimate of drug-likeness (QED) is 0.792. The Hall–Kier alpha value is -1.77. The van der Waals surface area contributed by atoms with Gasteiger partial charge in [-0.2, -0.15) is 0 Å². The molecule has 0 fully saturated rings.